The van der Waals surface area contributed by atoms with E-state index in [0.717, 1.165) is 69.5 Å². The molecule has 3 N–H and O–H groups in total. The van der Waals surface area contributed by atoms with Crippen LogP contribution in [0, 0.1) is 0 Å². The summed E-state index contributed by atoms with van der Waals surface area (Å²) in [6.45, 7) is 7.27. The Kier molecular flexibility index (Phi) is 7.24. The number of nitrogens with one attached hydrogen (secondary N) is 3. The molecule has 0 saturated carbocycles. The number of benzene rings is 2. The highest BCUT2D eigenvalue weighted by molar-refractivity contribution is 7.92. The van der Waals surface area contributed by atoms with E-state index in [1.54, 1.807) is 24.3 Å². The van der Waals surface area contributed by atoms with Crippen molar-refractivity contribution in [2.75, 3.05) is 35.8 Å². The lowest BCUT2D eigenvalue weighted by Gasteiger charge is -2.31. The third-order valence-electron chi connectivity index (χ3n) is 6.57. The molecule has 0 bridgehead atoms. The number of aryl methyl sites for hydroxylation is 2. The number of amides is 1. The zero-order valence-corrected chi connectivity index (χ0v) is 20.3. The molecule has 1 aliphatic heterocycles. The first kappa shape index (κ1) is 23.6. The topological polar surface area (TPSA) is 90.5 Å². The Morgan fingerprint density at radius 2 is 1.79 bits per heavy atom. The fourth-order valence-electron chi connectivity index (χ4n) is 4.46. The van der Waals surface area contributed by atoms with Gasteiger partial charge in [0.05, 0.1) is 10.5 Å². The fourth-order valence-corrected chi connectivity index (χ4v) is 5.56. The second kappa shape index (κ2) is 10.1. The van der Waals surface area contributed by atoms with Gasteiger partial charge in [-0.15, -0.1) is 0 Å². The molecule has 4 rings (SSSR count). The summed E-state index contributed by atoms with van der Waals surface area (Å²) in [6, 6.07) is 10.7. The fraction of sp³-hybridized carbons (Fsp3) is 0.480. The predicted molar refractivity (Wildman–Crippen MR) is 133 cm³/mol. The van der Waals surface area contributed by atoms with Crippen molar-refractivity contribution >= 4 is 27.3 Å². The number of piperazine rings is 1. The number of fused-ring (bicyclic) bond motifs is 1. The zero-order chi connectivity index (χ0) is 23.4. The first-order valence-electron chi connectivity index (χ1n) is 11.9. The van der Waals surface area contributed by atoms with Crippen molar-refractivity contribution < 1.29 is 13.2 Å². The van der Waals surface area contributed by atoms with E-state index in [-0.39, 0.29) is 16.8 Å². The minimum Gasteiger partial charge on any atom is -0.368 e. The normalized spacial score (nSPS) is 17.2. The second-order valence-corrected chi connectivity index (χ2v) is 10.7. The lowest BCUT2D eigenvalue weighted by Crippen LogP contribution is -2.44. The van der Waals surface area contributed by atoms with Crippen molar-refractivity contribution in [3.05, 3.63) is 53.1 Å². The minimum atomic E-state index is -3.76. The summed E-state index contributed by atoms with van der Waals surface area (Å²) in [5.41, 5.74) is 4.06. The number of nitrogens with zero attached hydrogens (tertiary/aromatic N) is 1. The third kappa shape index (κ3) is 5.50. The van der Waals surface area contributed by atoms with Gasteiger partial charge in [-0.2, -0.15) is 0 Å². The Labute approximate surface area is 197 Å². The standard InChI is InChI=1S/C25H34N4O3S/c1-3-18(2)27-25(30)23-17-21(9-11-24(23)29-14-12-26-13-15-29)28-33(31,32)22-10-8-19-6-4-5-7-20(19)16-22/h8-11,16-18,26,28H,3-7,12-15H2,1-2H3,(H,27,30)/t18-/m0/s1. The molecule has 1 heterocycles. The Bertz CT molecular complexity index is 1110. The summed E-state index contributed by atoms with van der Waals surface area (Å²) in [5, 5.41) is 6.35. The molecule has 2 aromatic rings. The number of rotatable bonds is 7. The van der Waals surface area contributed by atoms with Crippen molar-refractivity contribution in [1.82, 2.24) is 10.6 Å². The van der Waals surface area contributed by atoms with Crippen LogP contribution in [0.25, 0.3) is 0 Å². The van der Waals surface area contributed by atoms with Gasteiger partial charge in [-0.05, 0) is 80.5 Å². The van der Waals surface area contributed by atoms with E-state index in [0.29, 0.717) is 11.3 Å². The number of anilines is 2. The van der Waals surface area contributed by atoms with E-state index in [2.05, 4.69) is 20.3 Å². The van der Waals surface area contributed by atoms with Crippen LogP contribution in [0.5, 0.6) is 0 Å². The maximum Gasteiger partial charge on any atom is 0.261 e. The van der Waals surface area contributed by atoms with Crippen LogP contribution in [-0.4, -0.2) is 46.5 Å². The molecule has 1 saturated heterocycles. The first-order chi connectivity index (χ1) is 15.9. The summed E-state index contributed by atoms with van der Waals surface area (Å²) < 4.78 is 29.0. The lowest BCUT2D eigenvalue weighted by molar-refractivity contribution is 0.0939. The summed E-state index contributed by atoms with van der Waals surface area (Å²) in [7, 11) is -3.76. The van der Waals surface area contributed by atoms with Crippen LogP contribution in [-0.2, 0) is 22.9 Å². The highest BCUT2D eigenvalue weighted by Crippen LogP contribution is 2.28. The monoisotopic (exact) mass is 470 g/mol. The quantitative estimate of drug-likeness (QED) is 0.578. The second-order valence-electron chi connectivity index (χ2n) is 8.99. The lowest BCUT2D eigenvalue weighted by atomic mass is 9.92. The molecule has 1 amide bonds. The SMILES string of the molecule is CC[C@H](C)NC(=O)c1cc(NS(=O)(=O)c2ccc3c(c2)CCCC3)ccc1N1CCNCC1. The van der Waals surface area contributed by atoms with Crippen LogP contribution in [0.2, 0.25) is 0 Å². The zero-order valence-electron chi connectivity index (χ0n) is 19.5. The van der Waals surface area contributed by atoms with E-state index in [1.807, 2.05) is 26.0 Å². The third-order valence-corrected chi connectivity index (χ3v) is 7.95. The Morgan fingerprint density at radius 1 is 1.06 bits per heavy atom. The van der Waals surface area contributed by atoms with Gasteiger partial charge in [0.1, 0.15) is 0 Å². The molecule has 8 heteroatoms. The number of carbonyl (C=O) groups excluding carboxylic acids is 1. The molecule has 33 heavy (non-hydrogen) atoms. The molecular weight excluding hydrogens is 436 g/mol. The van der Waals surface area contributed by atoms with Gasteiger partial charge in [-0.25, -0.2) is 8.42 Å². The molecule has 1 aliphatic carbocycles. The van der Waals surface area contributed by atoms with E-state index >= 15 is 0 Å². The van der Waals surface area contributed by atoms with Gasteiger partial charge < -0.3 is 15.5 Å². The molecule has 1 atom stereocenters. The summed E-state index contributed by atoms with van der Waals surface area (Å²) >= 11 is 0. The van der Waals surface area contributed by atoms with Gasteiger partial charge in [0.25, 0.3) is 15.9 Å². The van der Waals surface area contributed by atoms with Crippen LogP contribution in [0.1, 0.15) is 54.6 Å². The predicted octanol–water partition coefficient (Wildman–Crippen LogP) is 3.30. The number of carbonyl (C=O) groups is 1. The van der Waals surface area contributed by atoms with Crippen LogP contribution in [0.3, 0.4) is 0 Å². The largest absolute Gasteiger partial charge is 0.368 e. The van der Waals surface area contributed by atoms with Crippen molar-refractivity contribution in [1.29, 1.82) is 0 Å². The molecule has 1 fully saturated rings. The maximum atomic E-state index is 13.1. The minimum absolute atomic E-state index is 0.0317. The molecule has 0 unspecified atom stereocenters. The highest BCUT2D eigenvalue weighted by Gasteiger charge is 2.22. The van der Waals surface area contributed by atoms with E-state index in [4.69, 9.17) is 0 Å². The average Bonchev–Trinajstić information content (AvgIpc) is 2.83. The van der Waals surface area contributed by atoms with Crippen molar-refractivity contribution in [2.24, 2.45) is 0 Å². The van der Waals surface area contributed by atoms with Crippen molar-refractivity contribution in [3.63, 3.8) is 0 Å². The van der Waals surface area contributed by atoms with E-state index in [9.17, 15) is 13.2 Å². The molecule has 0 spiro atoms. The van der Waals surface area contributed by atoms with Gasteiger partial charge in [0, 0.05) is 43.6 Å². The average molecular weight is 471 g/mol. The van der Waals surface area contributed by atoms with Gasteiger partial charge in [0.15, 0.2) is 0 Å². The van der Waals surface area contributed by atoms with Gasteiger partial charge >= 0.3 is 0 Å². The summed E-state index contributed by atoms with van der Waals surface area (Å²) in [5.74, 6) is -0.187. The number of hydrogen-bond donors (Lipinski definition) is 3. The van der Waals surface area contributed by atoms with Crippen LogP contribution < -0.4 is 20.3 Å². The Hall–Kier alpha value is -2.58. The molecule has 7 nitrogen and oxygen atoms in total. The summed E-state index contributed by atoms with van der Waals surface area (Å²) in [4.78, 5) is 15.5. The smallest absolute Gasteiger partial charge is 0.261 e. The highest BCUT2D eigenvalue weighted by atomic mass is 32.2. The number of hydrogen-bond acceptors (Lipinski definition) is 5. The van der Waals surface area contributed by atoms with Crippen molar-refractivity contribution in [2.45, 2.75) is 56.9 Å². The van der Waals surface area contributed by atoms with Gasteiger partial charge in [0.2, 0.25) is 0 Å². The molecule has 178 valence electrons. The van der Waals surface area contributed by atoms with E-state index < -0.39 is 10.0 Å². The van der Waals surface area contributed by atoms with E-state index in [1.165, 1.54) is 5.56 Å². The Morgan fingerprint density at radius 3 is 2.52 bits per heavy atom. The van der Waals surface area contributed by atoms with Crippen molar-refractivity contribution in [3.8, 4) is 0 Å². The van der Waals surface area contributed by atoms with Crippen LogP contribution in [0.4, 0.5) is 11.4 Å². The van der Waals surface area contributed by atoms with Crippen LogP contribution in [0.15, 0.2) is 41.3 Å². The molecular formula is C25H34N4O3S. The maximum absolute atomic E-state index is 13.1. The molecule has 0 aromatic heterocycles. The first-order valence-corrected chi connectivity index (χ1v) is 13.4. The summed E-state index contributed by atoms with van der Waals surface area (Å²) in [6.07, 6.45) is 4.98. The van der Waals surface area contributed by atoms with Gasteiger partial charge in [-0.3, -0.25) is 9.52 Å². The molecule has 2 aromatic carbocycles. The molecule has 0 radical (unpaired) electrons. The van der Waals surface area contributed by atoms with Crippen LogP contribution >= 0.6 is 0 Å². The number of sulfonamides is 1. The molecule has 2 aliphatic rings. The Balaban J connectivity index is 1.63. The van der Waals surface area contributed by atoms with Gasteiger partial charge in [-0.1, -0.05) is 13.0 Å².